The van der Waals surface area contributed by atoms with E-state index in [9.17, 15) is 0 Å². The zero-order valence-corrected chi connectivity index (χ0v) is 40.0. The Kier molecular flexibility index (Phi) is 8.88. The Morgan fingerprint density at radius 2 is 0.727 bits per heavy atom. The Hall–Kier alpha value is -6.44. The predicted octanol–water partition coefficient (Wildman–Crippen LogP) is 17.5. The zero-order chi connectivity index (χ0) is 45.4. The summed E-state index contributed by atoms with van der Waals surface area (Å²) in [6.07, 6.45) is 4.77. The van der Waals surface area contributed by atoms with Crippen molar-refractivity contribution in [3.8, 4) is 44.5 Å². The minimum atomic E-state index is -0.463. The van der Waals surface area contributed by atoms with Crippen molar-refractivity contribution in [2.45, 2.75) is 108 Å². The molecule has 0 bridgehead atoms. The molecule has 12 rings (SSSR count). The largest absolute Gasteiger partial charge is 0.310 e. The number of para-hydroxylation sites is 1. The van der Waals surface area contributed by atoms with Crippen molar-refractivity contribution < 1.29 is 0 Å². The van der Waals surface area contributed by atoms with E-state index in [0.29, 0.717) is 0 Å². The Balaban J connectivity index is 1.12. The van der Waals surface area contributed by atoms with Crippen LogP contribution in [-0.4, -0.2) is 0 Å². The van der Waals surface area contributed by atoms with Gasteiger partial charge in [-0.25, -0.2) is 0 Å². The molecule has 1 nitrogen and oxygen atoms in total. The highest BCUT2D eigenvalue weighted by atomic mass is 15.1. The molecule has 66 heavy (non-hydrogen) atoms. The van der Waals surface area contributed by atoms with Crippen molar-refractivity contribution in [1.29, 1.82) is 0 Å². The molecule has 0 heterocycles. The summed E-state index contributed by atoms with van der Waals surface area (Å²) >= 11 is 0. The molecular formula is C65H61N. The van der Waals surface area contributed by atoms with E-state index in [-0.39, 0.29) is 21.7 Å². The molecule has 0 unspecified atom stereocenters. The summed E-state index contributed by atoms with van der Waals surface area (Å²) in [6, 6.07) is 67.9. The summed E-state index contributed by atoms with van der Waals surface area (Å²) < 4.78 is 0. The molecule has 0 aromatic heterocycles. The third-order valence-corrected chi connectivity index (χ3v) is 16.8. The van der Waals surface area contributed by atoms with Gasteiger partial charge in [0, 0.05) is 16.9 Å². The monoisotopic (exact) mass is 855 g/mol. The van der Waals surface area contributed by atoms with Gasteiger partial charge < -0.3 is 4.90 Å². The van der Waals surface area contributed by atoms with Gasteiger partial charge in [-0.1, -0.05) is 195 Å². The Morgan fingerprint density at radius 3 is 1.29 bits per heavy atom. The van der Waals surface area contributed by atoms with Crippen molar-refractivity contribution in [3.05, 3.63) is 220 Å². The molecule has 1 spiro atoms. The average molecular weight is 856 g/mol. The van der Waals surface area contributed by atoms with Crippen LogP contribution in [0.25, 0.3) is 44.5 Å². The summed E-state index contributed by atoms with van der Waals surface area (Å²) in [5, 5.41) is 0. The van der Waals surface area contributed by atoms with Gasteiger partial charge in [0.2, 0.25) is 0 Å². The fourth-order valence-corrected chi connectivity index (χ4v) is 12.9. The highest BCUT2D eigenvalue weighted by Gasteiger charge is 2.52. The van der Waals surface area contributed by atoms with Gasteiger partial charge in [-0.2, -0.15) is 0 Å². The lowest BCUT2D eigenvalue weighted by atomic mass is 9.63. The van der Waals surface area contributed by atoms with Gasteiger partial charge in [-0.05, 0) is 167 Å². The van der Waals surface area contributed by atoms with E-state index in [0.717, 1.165) is 12.1 Å². The second kappa shape index (κ2) is 14.3. The number of rotatable bonds is 5. The lowest BCUT2D eigenvalue weighted by molar-refractivity contribution is 0.332. The topological polar surface area (TPSA) is 3.24 Å². The van der Waals surface area contributed by atoms with Gasteiger partial charge in [0.25, 0.3) is 0 Å². The number of hydrogen-bond acceptors (Lipinski definition) is 1. The van der Waals surface area contributed by atoms with Crippen molar-refractivity contribution >= 4 is 17.1 Å². The van der Waals surface area contributed by atoms with Gasteiger partial charge >= 0.3 is 0 Å². The minimum absolute atomic E-state index is 0.0600. The lowest BCUT2D eigenvalue weighted by Gasteiger charge is -2.42. The molecule has 0 radical (unpaired) electrons. The molecule has 0 saturated carbocycles. The summed E-state index contributed by atoms with van der Waals surface area (Å²) in [7, 11) is 0. The molecule has 8 aromatic rings. The van der Waals surface area contributed by atoms with Crippen molar-refractivity contribution in [2.75, 3.05) is 4.90 Å². The Labute approximate surface area is 393 Å². The predicted molar refractivity (Wildman–Crippen MR) is 279 cm³/mol. The molecular weight excluding hydrogens is 795 g/mol. The van der Waals surface area contributed by atoms with Crippen molar-refractivity contribution in [2.24, 2.45) is 0 Å². The summed E-state index contributed by atoms with van der Waals surface area (Å²) in [5.41, 5.74) is 25.2. The van der Waals surface area contributed by atoms with Gasteiger partial charge in [0.15, 0.2) is 0 Å². The molecule has 0 aliphatic heterocycles. The number of fused-ring (bicyclic) bond motifs is 12. The number of anilines is 3. The minimum Gasteiger partial charge on any atom is -0.310 e. The molecule has 0 N–H and O–H groups in total. The first kappa shape index (κ1) is 41.0. The molecule has 0 fully saturated rings. The summed E-state index contributed by atoms with van der Waals surface area (Å²) in [4.78, 5) is 2.57. The van der Waals surface area contributed by atoms with Crippen LogP contribution in [0.4, 0.5) is 17.1 Å². The maximum absolute atomic E-state index is 2.59. The normalized spacial score (nSPS) is 18.1. The summed E-state index contributed by atoms with van der Waals surface area (Å²) in [6.45, 7) is 19.4. The van der Waals surface area contributed by atoms with Crippen LogP contribution in [-0.2, 0) is 27.1 Å². The fraction of sp³-hybridized carbons (Fsp3) is 0.262. The quantitative estimate of drug-likeness (QED) is 0.167. The average Bonchev–Trinajstić information content (AvgIpc) is 3.79. The van der Waals surface area contributed by atoms with Gasteiger partial charge in [-0.3, -0.25) is 0 Å². The van der Waals surface area contributed by atoms with E-state index in [4.69, 9.17) is 0 Å². The van der Waals surface area contributed by atoms with Gasteiger partial charge in [0.05, 0.1) is 11.1 Å². The molecule has 1 heteroatoms. The number of hydrogen-bond donors (Lipinski definition) is 0. The second-order valence-corrected chi connectivity index (χ2v) is 22.6. The first-order chi connectivity index (χ1) is 31.7. The first-order valence-corrected chi connectivity index (χ1v) is 24.4. The maximum Gasteiger partial charge on any atom is 0.0726 e. The zero-order valence-electron chi connectivity index (χ0n) is 40.0. The SMILES string of the molecule is CC1(C)CCC(C)(C)c2cc(-c3ccc(-c4cc5c(cc4N(c4ccccc4)c4ccc6c(c4)C(C)(C)CCC6(C)C)C4(c6ccccc6-c6ccccc64)c4ccccc4-5)cc3)ccc21. The van der Waals surface area contributed by atoms with Crippen LogP contribution >= 0.6 is 0 Å². The molecule has 0 saturated heterocycles. The van der Waals surface area contributed by atoms with Crippen LogP contribution in [0.15, 0.2) is 176 Å². The molecule has 4 aliphatic rings. The smallest absolute Gasteiger partial charge is 0.0726 e. The van der Waals surface area contributed by atoms with Crippen molar-refractivity contribution in [1.82, 2.24) is 0 Å². The second-order valence-electron chi connectivity index (χ2n) is 22.6. The highest BCUT2D eigenvalue weighted by Crippen LogP contribution is 2.64. The third-order valence-electron chi connectivity index (χ3n) is 16.8. The Morgan fingerprint density at radius 1 is 0.288 bits per heavy atom. The van der Waals surface area contributed by atoms with Crippen molar-refractivity contribution in [3.63, 3.8) is 0 Å². The Bertz CT molecular complexity index is 3200. The van der Waals surface area contributed by atoms with E-state index >= 15 is 0 Å². The number of nitrogens with zero attached hydrogens (tertiary/aromatic N) is 1. The van der Waals surface area contributed by atoms with E-state index in [1.165, 1.54) is 120 Å². The third kappa shape index (κ3) is 5.91. The van der Waals surface area contributed by atoms with E-state index in [1.807, 2.05) is 0 Å². The standard InChI is InChI=1S/C65H61N/c1-61(2)34-36-63(5,6)58-38-44(30-32-55(58)61)42-26-28-43(29-27-42)50-40-51-49-22-14-17-25-54(49)65(52-23-15-12-20-47(52)48-21-13-16-24-53(48)65)57(51)41-60(50)66(45-18-10-9-11-19-45)46-31-33-56-59(39-46)64(7,8)37-35-62(56,3)4/h9-33,38-41H,34-37H2,1-8H3. The van der Waals surface area contributed by atoms with Gasteiger partial charge in [0.1, 0.15) is 0 Å². The molecule has 4 aliphatic carbocycles. The lowest BCUT2D eigenvalue weighted by Crippen LogP contribution is -2.34. The van der Waals surface area contributed by atoms with E-state index in [1.54, 1.807) is 0 Å². The fourth-order valence-electron chi connectivity index (χ4n) is 12.9. The molecule has 0 atom stereocenters. The molecule has 326 valence electrons. The van der Waals surface area contributed by atoms with Gasteiger partial charge in [-0.15, -0.1) is 0 Å². The molecule has 8 aromatic carbocycles. The maximum atomic E-state index is 2.59. The first-order valence-electron chi connectivity index (χ1n) is 24.4. The van der Waals surface area contributed by atoms with E-state index < -0.39 is 5.41 Å². The van der Waals surface area contributed by atoms with Crippen LogP contribution in [0.3, 0.4) is 0 Å². The van der Waals surface area contributed by atoms with E-state index in [2.05, 4.69) is 236 Å². The van der Waals surface area contributed by atoms with Crippen LogP contribution in [0.1, 0.15) is 126 Å². The summed E-state index contributed by atoms with van der Waals surface area (Å²) in [5.74, 6) is 0. The molecule has 0 amide bonds. The number of benzene rings is 8. The van der Waals surface area contributed by atoms with Crippen LogP contribution in [0.5, 0.6) is 0 Å². The van der Waals surface area contributed by atoms with Crippen LogP contribution < -0.4 is 4.90 Å². The highest BCUT2D eigenvalue weighted by molar-refractivity contribution is 6.00. The van der Waals surface area contributed by atoms with Crippen LogP contribution in [0.2, 0.25) is 0 Å². The van der Waals surface area contributed by atoms with Crippen LogP contribution in [0, 0.1) is 0 Å².